The second kappa shape index (κ2) is 5.64. The number of halogens is 1. The van der Waals surface area contributed by atoms with Gasteiger partial charge in [-0.3, -0.25) is 9.69 Å². The number of aryl methyl sites for hydroxylation is 1. The number of nitrogens with zero attached hydrogens (tertiary/aromatic N) is 1. The van der Waals surface area contributed by atoms with Crippen LogP contribution in [0.5, 0.6) is 0 Å². The quantitative estimate of drug-likeness (QED) is 0.727. The van der Waals surface area contributed by atoms with E-state index in [1.807, 2.05) is 0 Å². The molecule has 2 atom stereocenters. The number of hydrogen-bond donors (Lipinski definition) is 3. The van der Waals surface area contributed by atoms with Gasteiger partial charge in [0.25, 0.3) is 0 Å². The van der Waals surface area contributed by atoms with Crippen LogP contribution in [-0.2, 0) is 4.79 Å². The van der Waals surface area contributed by atoms with E-state index < -0.39 is 12.2 Å². The number of nitrogens with one attached hydrogen (secondary N) is 1. The van der Waals surface area contributed by atoms with Crippen molar-refractivity contribution in [1.82, 2.24) is 4.90 Å². The van der Waals surface area contributed by atoms with Crippen molar-refractivity contribution < 1.29 is 19.4 Å². The third-order valence-electron chi connectivity index (χ3n) is 3.16. The van der Waals surface area contributed by atoms with E-state index in [1.165, 1.54) is 6.07 Å². The highest BCUT2D eigenvalue weighted by Crippen LogP contribution is 2.14. The lowest BCUT2D eigenvalue weighted by Gasteiger charge is -2.14. The predicted octanol–water partition coefficient (Wildman–Crippen LogP) is 0.110. The molecule has 0 saturated carbocycles. The number of aliphatic hydroxyl groups excluding tert-OH is 2. The maximum atomic E-state index is 13.3. The van der Waals surface area contributed by atoms with Crippen molar-refractivity contribution in [1.29, 1.82) is 0 Å². The van der Waals surface area contributed by atoms with Crippen molar-refractivity contribution in [2.45, 2.75) is 19.1 Å². The van der Waals surface area contributed by atoms with E-state index >= 15 is 0 Å². The number of likely N-dealkylation sites (tertiary alicyclic amines) is 1. The van der Waals surface area contributed by atoms with Crippen LogP contribution >= 0.6 is 0 Å². The zero-order chi connectivity index (χ0) is 14.0. The molecule has 1 heterocycles. The van der Waals surface area contributed by atoms with E-state index in [9.17, 15) is 19.4 Å². The SMILES string of the molecule is Cc1ccc(NC(=O)CN2CC(O)C(O)C2)cc1F. The molecule has 1 fully saturated rings. The molecule has 2 unspecified atom stereocenters. The Kier molecular flexibility index (Phi) is 4.14. The summed E-state index contributed by atoms with van der Waals surface area (Å²) in [4.78, 5) is 13.4. The largest absolute Gasteiger partial charge is 0.389 e. The third-order valence-corrected chi connectivity index (χ3v) is 3.16. The van der Waals surface area contributed by atoms with Crippen molar-refractivity contribution in [3.05, 3.63) is 29.6 Å². The molecule has 1 saturated heterocycles. The Labute approximate surface area is 110 Å². The van der Waals surface area contributed by atoms with Crippen LogP contribution in [-0.4, -0.2) is 52.9 Å². The van der Waals surface area contributed by atoms with E-state index in [1.54, 1.807) is 24.0 Å². The molecule has 0 bridgehead atoms. The molecule has 1 aromatic carbocycles. The molecule has 0 aliphatic carbocycles. The minimum atomic E-state index is -0.815. The van der Waals surface area contributed by atoms with Gasteiger partial charge in [0, 0.05) is 18.8 Å². The first-order valence-electron chi connectivity index (χ1n) is 6.10. The molecule has 6 heteroatoms. The Bertz CT molecular complexity index is 471. The molecule has 19 heavy (non-hydrogen) atoms. The summed E-state index contributed by atoms with van der Waals surface area (Å²) < 4.78 is 13.3. The molecule has 3 N–H and O–H groups in total. The van der Waals surface area contributed by atoms with Crippen LogP contribution in [0.1, 0.15) is 5.56 Å². The lowest BCUT2D eigenvalue weighted by Crippen LogP contribution is -2.32. The summed E-state index contributed by atoms with van der Waals surface area (Å²) in [5.41, 5.74) is 0.914. The Morgan fingerprint density at radius 1 is 1.42 bits per heavy atom. The smallest absolute Gasteiger partial charge is 0.238 e. The average Bonchev–Trinajstić information content (AvgIpc) is 2.63. The summed E-state index contributed by atoms with van der Waals surface area (Å²) in [6, 6.07) is 4.49. The second-order valence-electron chi connectivity index (χ2n) is 4.84. The zero-order valence-corrected chi connectivity index (χ0v) is 10.6. The van der Waals surface area contributed by atoms with Crippen molar-refractivity contribution in [2.75, 3.05) is 25.0 Å². The van der Waals surface area contributed by atoms with Gasteiger partial charge in [-0.05, 0) is 24.6 Å². The number of amides is 1. The number of β-amino-alcohol motifs (C(OH)–C–C–N with tert-alkyl or cyclic N) is 2. The standard InChI is InChI=1S/C13H17FN2O3/c1-8-2-3-9(4-10(8)14)15-13(19)7-16-5-11(17)12(18)6-16/h2-4,11-12,17-18H,5-7H2,1H3,(H,15,19). The number of rotatable bonds is 3. The predicted molar refractivity (Wildman–Crippen MR) is 68.2 cm³/mol. The van der Waals surface area contributed by atoms with Crippen molar-refractivity contribution in [2.24, 2.45) is 0 Å². The lowest BCUT2D eigenvalue weighted by molar-refractivity contribution is -0.117. The molecule has 0 aromatic heterocycles. The highest BCUT2D eigenvalue weighted by molar-refractivity contribution is 5.92. The number of anilines is 1. The fourth-order valence-corrected chi connectivity index (χ4v) is 2.05. The van der Waals surface area contributed by atoms with Gasteiger partial charge in [-0.2, -0.15) is 0 Å². The molecule has 104 valence electrons. The summed E-state index contributed by atoms with van der Waals surface area (Å²) in [5.74, 6) is -0.672. The summed E-state index contributed by atoms with van der Waals surface area (Å²) in [6.45, 7) is 2.23. The fraction of sp³-hybridized carbons (Fsp3) is 0.462. The minimum absolute atomic E-state index is 0.0591. The van der Waals surface area contributed by atoms with E-state index in [0.29, 0.717) is 11.3 Å². The zero-order valence-electron chi connectivity index (χ0n) is 10.6. The highest BCUT2D eigenvalue weighted by atomic mass is 19.1. The molecule has 2 rings (SSSR count). The van der Waals surface area contributed by atoms with Gasteiger partial charge in [0.05, 0.1) is 18.8 Å². The van der Waals surface area contributed by atoms with Crippen LogP contribution in [0.15, 0.2) is 18.2 Å². The number of benzene rings is 1. The van der Waals surface area contributed by atoms with Crippen molar-refractivity contribution in [3.63, 3.8) is 0 Å². The van der Waals surface area contributed by atoms with Gasteiger partial charge < -0.3 is 15.5 Å². The number of carbonyl (C=O) groups excluding carboxylic acids is 1. The Morgan fingerprint density at radius 2 is 2.05 bits per heavy atom. The first-order chi connectivity index (χ1) is 8.95. The number of carbonyl (C=O) groups is 1. The molecule has 1 aliphatic rings. The highest BCUT2D eigenvalue weighted by Gasteiger charge is 2.30. The van der Waals surface area contributed by atoms with Crippen LogP contribution in [0.25, 0.3) is 0 Å². The average molecular weight is 268 g/mol. The maximum absolute atomic E-state index is 13.3. The van der Waals surface area contributed by atoms with Gasteiger partial charge in [0.1, 0.15) is 5.82 Å². The number of hydrogen-bond acceptors (Lipinski definition) is 4. The Balaban J connectivity index is 1.89. The Morgan fingerprint density at radius 3 is 2.63 bits per heavy atom. The first kappa shape index (κ1) is 13.9. The molecular weight excluding hydrogens is 251 g/mol. The van der Waals surface area contributed by atoms with Gasteiger partial charge in [-0.25, -0.2) is 4.39 Å². The van der Waals surface area contributed by atoms with Gasteiger partial charge in [0.15, 0.2) is 0 Å². The van der Waals surface area contributed by atoms with E-state index in [-0.39, 0.29) is 31.4 Å². The molecule has 0 radical (unpaired) electrons. The molecule has 0 spiro atoms. The van der Waals surface area contributed by atoms with Gasteiger partial charge in [0.2, 0.25) is 5.91 Å². The summed E-state index contributed by atoms with van der Waals surface area (Å²) in [7, 11) is 0. The van der Waals surface area contributed by atoms with Gasteiger partial charge >= 0.3 is 0 Å². The lowest BCUT2D eigenvalue weighted by atomic mass is 10.2. The van der Waals surface area contributed by atoms with Gasteiger partial charge in [-0.1, -0.05) is 6.07 Å². The molecule has 1 amide bonds. The molecule has 1 aromatic rings. The summed E-state index contributed by atoms with van der Waals surface area (Å²) in [5, 5.41) is 21.3. The second-order valence-corrected chi connectivity index (χ2v) is 4.84. The summed E-state index contributed by atoms with van der Waals surface area (Å²) >= 11 is 0. The van der Waals surface area contributed by atoms with Gasteiger partial charge in [-0.15, -0.1) is 0 Å². The topological polar surface area (TPSA) is 72.8 Å². The van der Waals surface area contributed by atoms with Crippen molar-refractivity contribution >= 4 is 11.6 Å². The van der Waals surface area contributed by atoms with Crippen LogP contribution in [0.2, 0.25) is 0 Å². The third kappa shape index (κ3) is 3.50. The van der Waals surface area contributed by atoms with E-state index in [4.69, 9.17) is 0 Å². The molecule has 1 aliphatic heterocycles. The van der Waals surface area contributed by atoms with Crippen LogP contribution in [0.4, 0.5) is 10.1 Å². The van der Waals surface area contributed by atoms with Crippen LogP contribution in [0, 0.1) is 12.7 Å². The fourth-order valence-electron chi connectivity index (χ4n) is 2.05. The van der Waals surface area contributed by atoms with E-state index in [0.717, 1.165) is 0 Å². The monoisotopic (exact) mass is 268 g/mol. The number of aliphatic hydroxyl groups is 2. The minimum Gasteiger partial charge on any atom is -0.389 e. The van der Waals surface area contributed by atoms with Crippen LogP contribution in [0.3, 0.4) is 0 Å². The van der Waals surface area contributed by atoms with Crippen molar-refractivity contribution in [3.8, 4) is 0 Å². The summed E-state index contributed by atoms with van der Waals surface area (Å²) in [6.07, 6.45) is -1.63. The van der Waals surface area contributed by atoms with Crippen LogP contribution < -0.4 is 5.32 Å². The molecule has 5 nitrogen and oxygen atoms in total. The maximum Gasteiger partial charge on any atom is 0.238 e. The van der Waals surface area contributed by atoms with E-state index in [2.05, 4.69) is 5.32 Å². The normalized spacial score (nSPS) is 23.6. The molecular formula is C13H17FN2O3. The Hall–Kier alpha value is -1.50. The first-order valence-corrected chi connectivity index (χ1v) is 6.10.